The zero-order chi connectivity index (χ0) is 14.5. The molecule has 20 heavy (non-hydrogen) atoms. The van der Waals surface area contributed by atoms with E-state index in [1.54, 1.807) is 30.3 Å². The zero-order valence-corrected chi connectivity index (χ0v) is 10.4. The van der Waals surface area contributed by atoms with E-state index < -0.39 is 5.97 Å². The first-order valence-electron chi connectivity index (χ1n) is 5.84. The first-order valence-corrected chi connectivity index (χ1v) is 5.84. The van der Waals surface area contributed by atoms with Gasteiger partial charge >= 0.3 is 5.97 Å². The van der Waals surface area contributed by atoms with Crippen LogP contribution in [0.4, 0.5) is 0 Å². The summed E-state index contributed by atoms with van der Waals surface area (Å²) in [5.41, 5.74) is 1.64. The van der Waals surface area contributed by atoms with Crippen LogP contribution in [0.3, 0.4) is 0 Å². The molecule has 2 rings (SSSR count). The number of ether oxygens (including phenoxy) is 1. The van der Waals surface area contributed by atoms with E-state index in [-0.39, 0.29) is 23.5 Å². The third kappa shape index (κ3) is 3.14. The molecular weight excluding hydrogens is 260 g/mol. The zero-order valence-electron chi connectivity index (χ0n) is 10.4. The minimum atomic E-state index is -1.16. The molecule has 0 unspecified atom stereocenters. The van der Waals surface area contributed by atoms with Gasteiger partial charge in [0, 0.05) is 0 Å². The maximum absolute atomic E-state index is 11.1. The van der Waals surface area contributed by atoms with Crippen LogP contribution in [0.5, 0.6) is 11.5 Å². The Hall–Kier alpha value is -2.82. The number of carboxylic acid groups (broad SMARTS) is 1. The standard InChI is InChI=1S/C15H12O5/c16-9-20-14-6-3-11(8-13(14)15(18)19)7-10-1-4-12(17)5-2-10/h1-6,8-9,17H,7H2,(H,18,19). The number of aromatic hydroxyl groups is 1. The Bertz CT molecular complexity index is 631. The van der Waals surface area contributed by atoms with Crippen LogP contribution < -0.4 is 4.74 Å². The number of carbonyl (C=O) groups excluding carboxylic acids is 1. The summed E-state index contributed by atoms with van der Waals surface area (Å²) in [6, 6.07) is 11.3. The van der Waals surface area contributed by atoms with Gasteiger partial charge in [-0.1, -0.05) is 18.2 Å². The number of benzene rings is 2. The van der Waals surface area contributed by atoms with Crippen LogP contribution in [0.15, 0.2) is 42.5 Å². The Balaban J connectivity index is 2.28. The fourth-order valence-electron chi connectivity index (χ4n) is 1.86. The van der Waals surface area contributed by atoms with Crippen molar-refractivity contribution >= 4 is 12.4 Å². The normalized spacial score (nSPS) is 10.0. The lowest BCUT2D eigenvalue weighted by molar-refractivity contribution is -0.120. The molecule has 2 aromatic rings. The van der Waals surface area contributed by atoms with Gasteiger partial charge in [-0.2, -0.15) is 0 Å². The molecule has 0 saturated heterocycles. The predicted molar refractivity (Wildman–Crippen MR) is 71.0 cm³/mol. The highest BCUT2D eigenvalue weighted by molar-refractivity contribution is 5.91. The minimum Gasteiger partial charge on any atom is -0.508 e. The van der Waals surface area contributed by atoms with Gasteiger partial charge in [0.2, 0.25) is 0 Å². The highest BCUT2D eigenvalue weighted by Crippen LogP contribution is 2.22. The fourth-order valence-corrected chi connectivity index (χ4v) is 1.86. The Morgan fingerprint density at radius 2 is 1.75 bits per heavy atom. The van der Waals surface area contributed by atoms with E-state index in [9.17, 15) is 14.7 Å². The van der Waals surface area contributed by atoms with E-state index in [1.165, 1.54) is 12.1 Å². The van der Waals surface area contributed by atoms with Crippen molar-refractivity contribution in [3.05, 3.63) is 59.2 Å². The summed E-state index contributed by atoms with van der Waals surface area (Å²) >= 11 is 0. The van der Waals surface area contributed by atoms with Gasteiger partial charge in [-0.25, -0.2) is 4.79 Å². The molecule has 0 aliphatic carbocycles. The predicted octanol–water partition coefficient (Wildman–Crippen LogP) is 2.22. The molecule has 0 radical (unpaired) electrons. The molecule has 0 bridgehead atoms. The third-order valence-electron chi connectivity index (χ3n) is 2.79. The van der Waals surface area contributed by atoms with Crippen molar-refractivity contribution in [2.24, 2.45) is 0 Å². The van der Waals surface area contributed by atoms with Crippen LogP contribution in [0, 0.1) is 0 Å². The third-order valence-corrected chi connectivity index (χ3v) is 2.79. The SMILES string of the molecule is O=COc1ccc(Cc2ccc(O)cc2)cc1C(=O)O. The van der Waals surface area contributed by atoms with Crippen molar-refractivity contribution in [2.75, 3.05) is 0 Å². The summed E-state index contributed by atoms with van der Waals surface area (Å²) in [5.74, 6) is -0.967. The topological polar surface area (TPSA) is 83.8 Å². The largest absolute Gasteiger partial charge is 0.508 e. The molecule has 0 spiro atoms. The average molecular weight is 272 g/mol. The van der Waals surface area contributed by atoms with Crippen LogP contribution in [0.25, 0.3) is 0 Å². The molecule has 2 N–H and O–H groups in total. The average Bonchev–Trinajstić information content (AvgIpc) is 2.43. The molecular formula is C15H12O5. The number of carbonyl (C=O) groups is 2. The van der Waals surface area contributed by atoms with Gasteiger partial charge in [-0.3, -0.25) is 4.79 Å². The lowest BCUT2D eigenvalue weighted by atomic mass is 10.0. The van der Waals surface area contributed by atoms with Crippen molar-refractivity contribution in [1.82, 2.24) is 0 Å². The van der Waals surface area contributed by atoms with Gasteiger partial charge in [-0.15, -0.1) is 0 Å². The van der Waals surface area contributed by atoms with Crippen LogP contribution in [0.2, 0.25) is 0 Å². The maximum atomic E-state index is 11.1. The highest BCUT2D eigenvalue weighted by atomic mass is 16.5. The number of hydrogen-bond donors (Lipinski definition) is 2. The molecule has 0 aromatic heterocycles. The molecule has 0 atom stereocenters. The Morgan fingerprint density at radius 1 is 1.10 bits per heavy atom. The summed E-state index contributed by atoms with van der Waals surface area (Å²) in [6.45, 7) is 0.196. The van der Waals surface area contributed by atoms with Crippen molar-refractivity contribution in [3.8, 4) is 11.5 Å². The summed E-state index contributed by atoms with van der Waals surface area (Å²) in [6.07, 6.45) is 0.516. The lowest BCUT2D eigenvalue weighted by Gasteiger charge is -2.07. The lowest BCUT2D eigenvalue weighted by Crippen LogP contribution is -2.03. The minimum absolute atomic E-state index is 0.0157. The Labute approximate surface area is 115 Å². The van der Waals surface area contributed by atoms with E-state index >= 15 is 0 Å². The molecule has 0 saturated carbocycles. The van der Waals surface area contributed by atoms with Gasteiger partial charge < -0.3 is 14.9 Å². The second-order valence-corrected chi connectivity index (χ2v) is 4.19. The number of hydrogen-bond acceptors (Lipinski definition) is 4. The van der Waals surface area contributed by atoms with E-state index in [2.05, 4.69) is 4.74 Å². The molecule has 0 heterocycles. The highest BCUT2D eigenvalue weighted by Gasteiger charge is 2.12. The summed E-state index contributed by atoms with van der Waals surface area (Å²) in [7, 11) is 0. The van der Waals surface area contributed by atoms with E-state index in [0.29, 0.717) is 6.42 Å². The molecule has 5 heteroatoms. The van der Waals surface area contributed by atoms with Crippen LogP contribution in [0.1, 0.15) is 21.5 Å². The molecule has 0 amide bonds. The molecule has 102 valence electrons. The Morgan fingerprint density at radius 3 is 2.35 bits per heavy atom. The summed E-state index contributed by atoms with van der Waals surface area (Å²) in [4.78, 5) is 21.4. The van der Waals surface area contributed by atoms with Crippen LogP contribution >= 0.6 is 0 Å². The summed E-state index contributed by atoms with van der Waals surface area (Å²) in [5, 5.41) is 18.3. The number of rotatable bonds is 5. The molecule has 0 aliphatic rings. The smallest absolute Gasteiger partial charge is 0.339 e. The van der Waals surface area contributed by atoms with Gasteiger partial charge in [0.15, 0.2) is 0 Å². The number of aromatic carboxylic acids is 1. The number of carboxylic acids is 1. The van der Waals surface area contributed by atoms with Crippen LogP contribution in [-0.2, 0) is 11.2 Å². The first kappa shape index (κ1) is 13.6. The fraction of sp³-hybridized carbons (Fsp3) is 0.0667. The second kappa shape index (κ2) is 5.88. The van der Waals surface area contributed by atoms with Crippen LogP contribution in [-0.4, -0.2) is 22.7 Å². The van der Waals surface area contributed by atoms with Crippen molar-refractivity contribution in [3.63, 3.8) is 0 Å². The van der Waals surface area contributed by atoms with E-state index in [4.69, 9.17) is 5.11 Å². The van der Waals surface area contributed by atoms with Gasteiger partial charge in [0.25, 0.3) is 6.47 Å². The van der Waals surface area contributed by atoms with Crippen molar-refractivity contribution in [2.45, 2.75) is 6.42 Å². The molecule has 0 fully saturated rings. The number of phenolic OH excluding ortho intramolecular Hbond substituents is 1. The molecule has 0 aliphatic heterocycles. The Kier molecular flexibility index (Phi) is 4.00. The molecule has 5 nitrogen and oxygen atoms in total. The monoisotopic (exact) mass is 272 g/mol. The molecule has 2 aromatic carbocycles. The van der Waals surface area contributed by atoms with Crippen molar-refractivity contribution in [1.29, 1.82) is 0 Å². The van der Waals surface area contributed by atoms with Gasteiger partial charge in [0.05, 0.1) is 0 Å². The summed E-state index contributed by atoms with van der Waals surface area (Å²) < 4.78 is 4.62. The maximum Gasteiger partial charge on any atom is 0.339 e. The first-order chi connectivity index (χ1) is 9.60. The number of phenols is 1. The van der Waals surface area contributed by atoms with Gasteiger partial charge in [0.1, 0.15) is 17.1 Å². The van der Waals surface area contributed by atoms with Crippen molar-refractivity contribution < 1.29 is 24.5 Å². The van der Waals surface area contributed by atoms with Gasteiger partial charge in [-0.05, 0) is 41.8 Å². The van der Waals surface area contributed by atoms with E-state index in [0.717, 1.165) is 11.1 Å². The van der Waals surface area contributed by atoms with E-state index in [1.807, 2.05) is 0 Å². The second-order valence-electron chi connectivity index (χ2n) is 4.19. The quantitative estimate of drug-likeness (QED) is 0.815.